The van der Waals surface area contributed by atoms with Crippen LogP contribution in [-0.2, 0) is 4.74 Å². The summed E-state index contributed by atoms with van der Waals surface area (Å²) in [5, 5.41) is 0.491. The zero-order chi connectivity index (χ0) is 16.2. The quantitative estimate of drug-likeness (QED) is 0.915. The van der Waals surface area contributed by atoms with Gasteiger partial charge in [0.25, 0.3) is 11.5 Å². The molecule has 6 heteroatoms. The van der Waals surface area contributed by atoms with Crippen LogP contribution in [0.4, 0.5) is 0 Å². The van der Waals surface area contributed by atoms with Crippen LogP contribution in [0.5, 0.6) is 0 Å². The van der Waals surface area contributed by atoms with E-state index in [1.165, 1.54) is 0 Å². The van der Waals surface area contributed by atoms with E-state index < -0.39 is 0 Å². The minimum Gasteiger partial charge on any atom is -0.376 e. The van der Waals surface area contributed by atoms with Gasteiger partial charge in [0.1, 0.15) is 0 Å². The number of rotatable bonds is 5. The Morgan fingerprint density at radius 1 is 1.43 bits per heavy atom. The molecular formula is C17H21N3O3. The highest BCUT2D eigenvalue weighted by Gasteiger charge is 2.24. The van der Waals surface area contributed by atoms with Gasteiger partial charge >= 0.3 is 0 Å². The molecule has 2 aromatic rings. The number of carbonyl (C=O) groups is 1. The highest BCUT2D eigenvalue weighted by atomic mass is 16.5. The van der Waals surface area contributed by atoms with Crippen molar-refractivity contribution >= 4 is 16.8 Å². The number of ether oxygens (including phenoxy) is 1. The monoisotopic (exact) mass is 315 g/mol. The molecular weight excluding hydrogens is 294 g/mol. The molecule has 122 valence electrons. The van der Waals surface area contributed by atoms with Gasteiger partial charge in [-0.25, -0.2) is 4.98 Å². The molecule has 0 aliphatic carbocycles. The molecule has 0 unspecified atom stereocenters. The third-order valence-corrected chi connectivity index (χ3v) is 4.04. The van der Waals surface area contributed by atoms with Crippen LogP contribution in [0.1, 0.15) is 36.8 Å². The number of para-hydroxylation sites is 1. The maximum Gasteiger partial charge on any atom is 0.289 e. The molecule has 1 amide bonds. The Bertz CT molecular complexity index is 750. The lowest BCUT2D eigenvalue weighted by atomic mass is 10.2. The molecule has 1 fully saturated rings. The van der Waals surface area contributed by atoms with Gasteiger partial charge in [0.15, 0.2) is 5.82 Å². The molecule has 3 rings (SSSR count). The van der Waals surface area contributed by atoms with Gasteiger partial charge in [-0.3, -0.25) is 9.59 Å². The van der Waals surface area contributed by atoms with Crippen molar-refractivity contribution in [2.24, 2.45) is 0 Å². The number of nitrogens with one attached hydrogen (secondary N) is 1. The minimum atomic E-state index is -0.285. The van der Waals surface area contributed by atoms with Gasteiger partial charge in [-0.15, -0.1) is 0 Å². The van der Waals surface area contributed by atoms with Crippen LogP contribution in [0.25, 0.3) is 10.9 Å². The Kier molecular flexibility index (Phi) is 4.71. The summed E-state index contributed by atoms with van der Waals surface area (Å²) >= 11 is 0. The summed E-state index contributed by atoms with van der Waals surface area (Å²) in [6.45, 7) is 3.94. The van der Waals surface area contributed by atoms with Crippen LogP contribution < -0.4 is 5.56 Å². The Hall–Kier alpha value is -2.21. The number of amides is 1. The summed E-state index contributed by atoms with van der Waals surface area (Å²) in [6.07, 6.45) is 2.92. The zero-order valence-corrected chi connectivity index (χ0v) is 13.2. The van der Waals surface area contributed by atoms with Crippen LogP contribution in [0, 0.1) is 0 Å². The average molecular weight is 315 g/mol. The van der Waals surface area contributed by atoms with Crippen molar-refractivity contribution in [2.45, 2.75) is 32.3 Å². The first-order valence-corrected chi connectivity index (χ1v) is 8.09. The highest BCUT2D eigenvalue weighted by Crippen LogP contribution is 2.15. The van der Waals surface area contributed by atoms with E-state index in [1.807, 2.05) is 6.92 Å². The molecule has 0 spiro atoms. The number of benzene rings is 1. The molecule has 0 bridgehead atoms. The zero-order valence-electron chi connectivity index (χ0n) is 13.2. The van der Waals surface area contributed by atoms with Gasteiger partial charge in [0.05, 0.1) is 17.0 Å². The average Bonchev–Trinajstić information content (AvgIpc) is 3.07. The van der Waals surface area contributed by atoms with E-state index in [2.05, 4.69) is 9.97 Å². The molecule has 6 nitrogen and oxygen atoms in total. The van der Waals surface area contributed by atoms with E-state index in [9.17, 15) is 9.59 Å². The maximum absolute atomic E-state index is 12.8. The molecule has 1 aliphatic heterocycles. The lowest BCUT2D eigenvalue weighted by molar-refractivity contribution is 0.0517. The predicted octanol–water partition coefficient (Wildman–Crippen LogP) is 1.95. The third kappa shape index (κ3) is 3.42. The lowest BCUT2D eigenvalue weighted by Gasteiger charge is -2.24. The molecule has 0 radical (unpaired) electrons. The van der Waals surface area contributed by atoms with E-state index in [0.717, 1.165) is 25.9 Å². The first kappa shape index (κ1) is 15.7. The predicted molar refractivity (Wildman–Crippen MR) is 87.5 cm³/mol. The number of hydrogen-bond acceptors (Lipinski definition) is 4. The van der Waals surface area contributed by atoms with Crippen molar-refractivity contribution in [1.29, 1.82) is 0 Å². The third-order valence-electron chi connectivity index (χ3n) is 4.04. The second kappa shape index (κ2) is 6.91. The van der Waals surface area contributed by atoms with Crippen LogP contribution in [-0.4, -0.2) is 46.6 Å². The number of H-pyrrole nitrogens is 1. The number of aromatic nitrogens is 2. The molecule has 2 heterocycles. The van der Waals surface area contributed by atoms with Crippen LogP contribution in [0.15, 0.2) is 29.1 Å². The van der Waals surface area contributed by atoms with Crippen molar-refractivity contribution in [1.82, 2.24) is 14.9 Å². The number of nitrogens with zero attached hydrogens (tertiary/aromatic N) is 2. The summed E-state index contributed by atoms with van der Waals surface area (Å²) in [5.41, 5.74) is 0.251. The molecule has 1 aromatic carbocycles. The summed E-state index contributed by atoms with van der Waals surface area (Å²) in [6, 6.07) is 7.03. The molecule has 23 heavy (non-hydrogen) atoms. The van der Waals surface area contributed by atoms with Crippen molar-refractivity contribution < 1.29 is 9.53 Å². The van der Waals surface area contributed by atoms with Gasteiger partial charge < -0.3 is 14.6 Å². The van der Waals surface area contributed by atoms with Crippen LogP contribution in [0.2, 0.25) is 0 Å². The van der Waals surface area contributed by atoms with Gasteiger partial charge in [-0.1, -0.05) is 19.1 Å². The first-order valence-electron chi connectivity index (χ1n) is 8.09. The van der Waals surface area contributed by atoms with E-state index in [1.54, 1.807) is 29.2 Å². The molecule has 1 N–H and O–H groups in total. The largest absolute Gasteiger partial charge is 0.376 e. The fraction of sp³-hybridized carbons (Fsp3) is 0.471. The SMILES string of the molecule is CCCN(C[C@@H]1CCCO1)C(=O)c1nc2ccccc2c(=O)[nH]1. The number of hydrogen-bond donors (Lipinski definition) is 1. The van der Waals surface area contributed by atoms with Crippen LogP contribution in [0.3, 0.4) is 0 Å². The summed E-state index contributed by atoms with van der Waals surface area (Å²) < 4.78 is 5.62. The number of fused-ring (bicyclic) bond motifs is 1. The second-order valence-corrected chi connectivity index (χ2v) is 5.82. The molecule has 0 saturated carbocycles. The molecule has 1 atom stereocenters. The first-order chi connectivity index (χ1) is 11.2. The Labute approximate surface area is 134 Å². The topological polar surface area (TPSA) is 75.3 Å². The summed E-state index contributed by atoms with van der Waals surface area (Å²) in [7, 11) is 0. The van der Waals surface area contributed by atoms with Crippen molar-refractivity contribution in [3.63, 3.8) is 0 Å². The van der Waals surface area contributed by atoms with E-state index in [4.69, 9.17) is 4.74 Å². The minimum absolute atomic E-state index is 0.0812. The Morgan fingerprint density at radius 3 is 3.00 bits per heavy atom. The van der Waals surface area contributed by atoms with E-state index >= 15 is 0 Å². The summed E-state index contributed by atoms with van der Waals surface area (Å²) in [4.78, 5) is 33.6. The van der Waals surface area contributed by atoms with Gasteiger partial charge in [-0.2, -0.15) is 0 Å². The number of carbonyl (C=O) groups excluding carboxylic acids is 1. The maximum atomic E-state index is 12.8. The Morgan fingerprint density at radius 2 is 2.26 bits per heavy atom. The van der Waals surface area contributed by atoms with Crippen molar-refractivity contribution in [3.8, 4) is 0 Å². The van der Waals surface area contributed by atoms with Crippen LogP contribution >= 0.6 is 0 Å². The molecule has 1 saturated heterocycles. The Balaban J connectivity index is 1.88. The smallest absolute Gasteiger partial charge is 0.289 e. The molecule has 1 aromatic heterocycles. The second-order valence-electron chi connectivity index (χ2n) is 5.82. The fourth-order valence-electron chi connectivity index (χ4n) is 2.92. The lowest BCUT2D eigenvalue weighted by Crippen LogP contribution is -2.39. The van der Waals surface area contributed by atoms with Crippen molar-refractivity contribution in [2.75, 3.05) is 19.7 Å². The fourth-order valence-corrected chi connectivity index (χ4v) is 2.92. The molecule has 1 aliphatic rings. The highest BCUT2D eigenvalue weighted by molar-refractivity contribution is 5.92. The normalized spacial score (nSPS) is 17.5. The van der Waals surface area contributed by atoms with Gasteiger partial charge in [-0.05, 0) is 31.4 Å². The van der Waals surface area contributed by atoms with E-state index in [0.29, 0.717) is 24.0 Å². The van der Waals surface area contributed by atoms with Gasteiger partial charge in [0.2, 0.25) is 0 Å². The van der Waals surface area contributed by atoms with Crippen molar-refractivity contribution in [3.05, 3.63) is 40.4 Å². The number of aromatic amines is 1. The van der Waals surface area contributed by atoms with E-state index in [-0.39, 0.29) is 23.4 Å². The standard InChI is InChI=1S/C17H21N3O3/c1-2-9-20(11-12-6-5-10-23-12)17(22)15-18-14-8-4-3-7-13(14)16(21)19-15/h3-4,7-8,12H,2,5-6,9-11H2,1H3,(H,18,19,21)/t12-/m0/s1. The van der Waals surface area contributed by atoms with Gasteiger partial charge in [0, 0.05) is 19.7 Å². The summed E-state index contributed by atoms with van der Waals surface area (Å²) in [5.74, 6) is -0.148.